The van der Waals surface area contributed by atoms with Crippen molar-refractivity contribution in [2.75, 3.05) is 6.54 Å². The van der Waals surface area contributed by atoms with Crippen molar-refractivity contribution in [1.82, 2.24) is 20.6 Å². The fourth-order valence-electron chi connectivity index (χ4n) is 2.64. The Labute approximate surface area is 133 Å². The molecule has 0 saturated heterocycles. The van der Waals surface area contributed by atoms with Crippen molar-refractivity contribution in [3.8, 4) is 0 Å². The maximum absolute atomic E-state index is 12.1. The Kier molecular flexibility index (Phi) is 5.94. The normalized spacial score (nSPS) is 21.1. The maximum Gasteiger partial charge on any atom is 0.404 e. The van der Waals surface area contributed by atoms with E-state index in [1.807, 2.05) is 0 Å². The first-order valence-electron chi connectivity index (χ1n) is 7.26. The van der Waals surface area contributed by atoms with E-state index in [9.17, 15) is 9.59 Å². The highest BCUT2D eigenvalue weighted by Crippen LogP contribution is 2.28. The Morgan fingerprint density at radius 2 is 1.86 bits per heavy atom. The van der Waals surface area contributed by atoms with Crippen LogP contribution in [0.25, 0.3) is 0 Å². The van der Waals surface area contributed by atoms with E-state index in [0.29, 0.717) is 23.3 Å². The second kappa shape index (κ2) is 7.93. The largest absolute Gasteiger partial charge is 0.465 e. The van der Waals surface area contributed by atoms with Crippen molar-refractivity contribution >= 4 is 23.6 Å². The number of hydrogen-bond acceptors (Lipinski definition) is 4. The van der Waals surface area contributed by atoms with E-state index in [1.165, 1.54) is 12.4 Å². The van der Waals surface area contributed by atoms with Crippen LogP contribution in [0.4, 0.5) is 4.79 Å². The SMILES string of the molecule is O=C(O)NC[C@H]1CC[C@H](C(=O)NCc2nccnc2Cl)CC1. The molecule has 0 aromatic carbocycles. The van der Waals surface area contributed by atoms with E-state index >= 15 is 0 Å². The molecule has 120 valence electrons. The van der Waals surface area contributed by atoms with E-state index in [4.69, 9.17) is 16.7 Å². The molecule has 2 rings (SSSR count). The number of carbonyl (C=O) groups is 2. The average molecular weight is 327 g/mol. The minimum Gasteiger partial charge on any atom is -0.465 e. The van der Waals surface area contributed by atoms with Gasteiger partial charge in [-0.25, -0.2) is 9.78 Å². The van der Waals surface area contributed by atoms with E-state index in [-0.39, 0.29) is 18.4 Å². The highest BCUT2D eigenvalue weighted by Gasteiger charge is 2.26. The summed E-state index contributed by atoms with van der Waals surface area (Å²) >= 11 is 5.89. The van der Waals surface area contributed by atoms with Gasteiger partial charge in [0.05, 0.1) is 12.2 Å². The van der Waals surface area contributed by atoms with E-state index < -0.39 is 6.09 Å². The zero-order valence-electron chi connectivity index (χ0n) is 12.1. The van der Waals surface area contributed by atoms with Crippen LogP contribution < -0.4 is 10.6 Å². The molecule has 0 aliphatic heterocycles. The van der Waals surface area contributed by atoms with Crippen LogP contribution in [0.15, 0.2) is 12.4 Å². The van der Waals surface area contributed by atoms with Crippen LogP contribution in [0.3, 0.4) is 0 Å². The second-order valence-corrected chi connectivity index (χ2v) is 5.77. The molecule has 1 saturated carbocycles. The van der Waals surface area contributed by atoms with Gasteiger partial charge in [0.15, 0.2) is 5.15 Å². The number of aromatic nitrogens is 2. The van der Waals surface area contributed by atoms with Crippen LogP contribution in [0.5, 0.6) is 0 Å². The fourth-order valence-corrected chi connectivity index (χ4v) is 2.82. The van der Waals surface area contributed by atoms with Gasteiger partial charge in [-0.3, -0.25) is 9.78 Å². The van der Waals surface area contributed by atoms with Crippen molar-refractivity contribution in [3.63, 3.8) is 0 Å². The van der Waals surface area contributed by atoms with Crippen molar-refractivity contribution in [2.45, 2.75) is 32.2 Å². The highest BCUT2D eigenvalue weighted by atomic mass is 35.5. The summed E-state index contributed by atoms with van der Waals surface area (Å²) in [6.07, 6.45) is 5.28. The molecule has 1 aliphatic carbocycles. The summed E-state index contributed by atoms with van der Waals surface area (Å²) in [6.45, 7) is 0.727. The quantitative estimate of drug-likeness (QED) is 0.765. The third kappa shape index (κ3) is 4.84. The first-order valence-corrected chi connectivity index (χ1v) is 7.64. The van der Waals surface area contributed by atoms with Gasteiger partial charge in [-0.05, 0) is 31.6 Å². The lowest BCUT2D eigenvalue weighted by Gasteiger charge is -2.27. The third-order valence-corrected chi connectivity index (χ3v) is 4.23. The lowest BCUT2D eigenvalue weighted by molar-refractivity contribution is -0.126. The van der Waals surface area contributed by atoms with Gasteiger partial charge in [0.2, 0.25) is 5.91 Å². The molecular formula is C14H19ClN4O3. The molecule has 7 nitrogen and oxygen atoms in total. The maximum atomic E-state index is 12.1. The third-order valence-electron chi connectivity index (χ3n) is 3.91. The molecule has 1 aromatic rings. The lowest BCUT2D eigenvalue weighted by Crippen LogP contribution is -2.35. The Hall–Kier alpha value is -1.89. The molecule has 3 N–H and O–H groups in total. The number of halogens is 1. The second-order valence-electron chi connectivity index (χ2n) is 5.42. The first-order chi connectivity index (χ1) is 10.6. The number of carbonyl (C=O) groups excluding carboxylic acids is 1. The molecule has 0 spiro atoms. The number of rotatable bonds is 5. The summed E-state index contributed by atoms with van der Waals surface area (Å²) in [5.74, 6) is 0.275. The molecular weight excluding hydrogens is 308 g/mol. The van der Waals surface area contributed by atoms with Gasteiger partial charge in [0, 0.05) is 24.9 Å². The van der Waals surface area contributed by atoms with Crippen LogP contribution in [0.2, 0.25) is 5.15 Å². The van der Waals surface area contributed by atoms with Crippen LogP contribution in [-0.2, 0) is 11.3 Å². The molecule has 0 bridgehead atoms. The number of nitrogens with one attached hydrogen (secondary N) is 2. The van der Waals surface area contributed by atoms with Gasteiger partial charge >= 0.3 is 6.09 Å². The monoisotopic (exact) mass is 326 g/mol. The minimum absolute atomic E-state index is 0.00800. The van der Waals surface area contributed by atoms with Gasteiger partial charge < -0.3 is 15.7 Å². The summed E-state index contributed by atoms with van der Waals surface area (Å²) in [7, 11) is 0. The zero-order valence-corrected chi connectivity index (χ0v) is 12.8. The first kappa shape index (κ1) is 16.5. The molecule has 0 unspecified atom stereocenters. The van der Waals surface area contributed by atoms with E-state index in [0.717, 1.165) is 25.7 Å². The molecule has 22 heavy (non-hydrogen) atoms. The van der Waals surface area contributed by atoms with Crippen molar-refractivity contribution in [3.05, 3.63) is 23.2 Å². The topological polar surface area (TPSA) is 104 Å². The van der Waals surface area contributed by atoms with Crippen molar-refractivity contribution in [2.24, 2.45) is 11.8 Å². The van der Waals surface area contributed by atoms with Crippen LogP contribution >= 0.6 is 11.6 Å². The fraction of sp³-hybridized carbons (Fsp3) is 0.571. The number of carboxylic acid groups (broad SMARTS) is 1. The molecule has 1 heterocycles. The summed E-state index contributed by atoms with van der Waals surface area (Å²) in [4.78, 5) is 30.6. The predicted molar refractivity (Wildman–Crippen MR) is 80.4 cm³/mol. The molecule has 2 amide bonds. The molecule has 1 aromatic heterocycles. The van der Waals surface area contributed by atoms with Crippen molar-refractivity contribution in [1.29, 1.82) is 0 Å². The Morgan fingerprint density at radius 3 is 2.50 bits per heavy atom. The smallest absolute Gasteiger partial charge is 0.404 e. The molecule has 1 aliphatic rings. The molecule has 0 atom stereocenters. The number of hydrogen-bond donors (Lipinski definition) is 3. The van der Waals surface area contributed by atoms with Crippen LogP contribution in [-0.4, -0.2) is 33.6 Å². The van der Waals surface area contributed by atoms with Crippen LogP contribution in [0.1, 0.15) is 31.4 Å². The standard InChI is InChI=1S/C14H19ClN4O3/c15-12-11(16-5-6-17-12)8-18-13(20)10-3-1-9(2-4-10)7-19-14(21)22/h5-6,9-10,19H,1-4,7-8H2,(H,18,20)(H,21,22)/t9-,10-. The summed E-state index contributed by atoms with van der Waals surface area (Å²) in [5, 5.41) is 14.1. The van der Waals surface area contributed by atoms with Gasteiger partial charge in [0.25, 0.3) is 0 Å². The van der Waals surface area contributed by atoms with Gasteiger partial charge in [-0.1, -0.05) is 11.6 Å². The van der Waals surface area contributed by atoms with E-state index in [2.05, 4.69) is 20.6 Å². The average Bonchev–Trinajstić information content (AvgIpc) is 2.52. The summed E-state index contributed by atoms with van der Waals surface area (Å²) in [5.41, 5.74) is 0.553. The van der Waals surface area contributed by atoms with Crippen LogP contribution in [0, 0.1) is 11.8 Å². The summed E-state index contributed by atoms with van der Waals surface area (Å²) < 4.78 is 0. The molecule has 0 radical (unpaired) electrons. The Bertz CT molecular complexity index is 533. The Balaban J connectivity index is 1.73. The number of amides is 2. The molecule has 1 fully saturated rings. The summed E-state index contributed by atoms with van der Waals surface area (Å²) in [6, 6.07) is 0. The zero-order chi connectivity index (χ0) is 15.9. The highest BCUT2D eigenvalue weighted by molar-refractivity contribution is 6.29. The van der Waals surface area contributed by atoms with Gasteiger partial charge in [-0.15, -0.1) is 0 Å². The van der Waals surface area contributed by atoms with Crippen molar-refractivity contribution < 1.29 is 14.7 Å². The minimum atomic E-state index is -0.999. The lowest BCUT2D eigenvalue weighted by atomic mass is 9.81. The van der Waals surface area contributed by atoms with E-state index in [1.54, 1.807) is 0 Å². The predicted octanol–water partition coefficient (Wildman–Crippen LogP) is 1.82. The number of nitrogens with zero attached hydrogens (tertiary/aromatic N) is 2. The van der Waals surface area contributed by atoms with Gasteiger partial charge in [0.1, 0.15) is 0 Å². The molecule has 8 heteroatoms. The van der Waals surface area contributed by atoms with Gasteiger partial charge in [-0.2, -0.15) is 0 Å². The Morgan fingerprint density at radius 1 is 1.18 bits per heavy atom.